The summed E-state index contributed by atoms with van der Waals surface area (Å²) in [5.74, 6) is 0. The van der Waals surface area contributed by atoms with Gasteiger partial charge in [0.05, 0.1) is 0 Å². The molecule has 0 bridgehead atoms. The van der Waals surface area contributed by atoms with Crippen LogP contribution in [0.25, 0.3) is 11.1 Å². The molecule has 0 amide bonds. The highest BCUT2D eigenvalue weighted by atomic mass is 14.9. The fourth-order valence-electron chi connectivity index (χ4n) is 2.69. The molecule has 0 radical (unpaired) electrons. The third kappa shape index (κ3) is 3.49. The van der Waals surface area contributed by atoms with Gasteiger partial charge in [0, 0.05) is 6.04 Å². The molecule has 0 saturated heterocycles. The molecular weight excluding hydrogens is 242 g/mol. The lowest BCUT2D eigenvalue weighted by Gasteiger charge is -2.15. The van der Waals surface area contributed by atoms with Gasteiger partial charge in [0.2, 0.25) is 0 Å². The lowest BCUT2D eigenvalue weighted by molar-refractivity contribution is 0.577. The minimum Gasteiger partial charge on any atom is -0.313 e. The van der Waals surface area contributed by atoms with Crippen molar-refractivity contribution in [3.05, 3.63) is 59.7 Å². The molecule has 0 aliphatic rings. The van der Waals surface area contributed by atoms with E-state index in [9.17, 15) is 0 Å². The van der Waals surface area contributed by atoms with Crippen LogP contribution in [-0.2, 0) is 6.42 Å². The number of hydrogen-bond donors (Lipinski definition) is 1. The first-order valence-corrected chi connectivity index (χ1v) is 7.65. The zero-order chi connectivity index (χ0) is 14.4. The van der Waals surface area contributed by atoms with Crippen LogP contribution in [-0.4, -0.2) is 7.05 Å². The highest BCUT2D eigenvalue weighted by molar-refractivity contribution is 5.64. The maximum atomic E-state index is 3.37. The van der Waals surface area contributed by atoms with E-state index >= 15 is 0 Å². The minimum atomic E-state index is 0.439. The third-order valence-corrected chi connectivity index (χ3v) is 3.87. The molecule has 0 aliphatic heterocycles. The standard InChI is InChI=1S/C19H25N/c1-4-7-15-10-12-16(13-11-15)17-8-6-9-18(14-17)19(5-2)20-3/h6,8-14,19-20H,4-5,7H2,1-3H3. The van der Waals surface area contributed by atoms with Gasteiger partial charge in [-0.2, -0.15) is 0 Å². The summed E-state index contributed by atoms with van der Waals surface area (Å²) < 4.78 is 0. The SMILES string of the molecule is CCCc1ccc(-c2cccc(C(CC)NC)c2)cc1. The summed E-state index contributed by atoms with van der Waals surface area (Å²) in [7, 11) is 2.03. The second kappa shape index (κ2) is 7.25. The van der Waals surface area contributed by atoms with Crippen LogP contribution in [0.2, 0.25) is 0 Å². The van der Waals surface area contributed by atoms with E-state index in [4.69, 9.17) is 0 Å². The average molecular weight is 267 g/mol. The highest BCUT2D eigenvalue weighted by Gasteiger charge is 2.07. The van der Waals surface area contributed by atoms with Crippen LogP contribution in [0, 0.1) is 0 Å². The highest BCUT2D eigenvalue weighted by Crippen LogP contribution is 2.25. The largest absolute Gasteiger partial charge is 0.313 e. The van der Waals surface area contributed by atoms with Gasteiger partial charge >= 0.3 is 0 Å². The molecule has 1 N–H and O–H groups in total. The molecule has 1 atom stereocenters. The van der Waals surface area contributed by atoms with Crippen molar-refractivity contribution in [2.75, 3.05) is 7.05 Å². The Labute approximate surface area is 123 Å². The predicted octanol–water partition coefficient (Wildman–Crippen LogP) is 4.98. The third-order valence-electron chi connectivity index (χ3n) is 3.87. The number of benzene rings is 2. The lowest BCUT2D eigenvalue weighted by atomic mass is 9.97. The molecule has 0 aliphatic carbocycles. The van der Waals surface area contributed by atoms with E-state index in [0.29, 0.717) is 6.04 Å². The second-order valence-electron chi connectivity index (χ2n) is 5.32. The first kappa shape index (κ1) is 14.8. The second-order valence-corrected chi connectivity index (χ2v) is 5.32. The van der Waals surface area contributed by atoms with Gasteiger partial charge in [-0.1, -0.05) is 62.7 Å². The van der Waals surface area contributed by atoms with Gasteiger partial charge in [-0.15, -0.1) is 0 Å². The van der Waals surface area contributed by atoms with E-state index < -0.39 is 0 Å². The topological polar surface area (TPSA) is 12.0 Å². The molecular formula is C19H25N. The van der Waals surface area contributed by atoms with Crippen LogP contribution in [0.3, 0.4) is 0 Å². The molecule has 1 nitrogen and oxygen atoms in total. The molecule has 2 aromatic carbocycles. The Hall–Kier alpha value is -1.60. The predicted molar refractivity (Wildman–Crippen MR) is 88.0 cm³/mol. The van der Waals surface area contributed by atoms with Crippen molar-refractivity contribution in [2.24, 2.45) is 0 Å². The minimum absolute atomic E-state index is 0.439. The van der Waals surface area contributed by atoms with E-state index in [2.05, 4.69) is 67.7 Å². The Morgan fingerprint density at radius 3 is 2.30 bits per heavy atom. The summed E-state index contributed by atoms with van der Waals surface area (Å²) >= 11 is 0. The number of nitrogens with one attached hydrogen (secondary N) is 1. The molecule has 0 fully saturated rings. The van der Waals surface area contributed by atoms with Crippen LogP contribution in [0.4, 0.5) is 0 Å². The Kier molecular flexibility index (Phi) is 5.37. The fourth-order valence-corrected chi connectivity index (χ4v) is 2.69. The van der Waals surface area contributed by atoms with Gasteiger partial charge in [-0.05, 0) is 48.2 Å². The van der Waals surface area contributed by atoms with E-state index in [1.165, 1.54) is 28.7 Å². The number of hydrogen-bond acceptors (Lipinski definition) is 1. The number of aryl methyl sites for hydroxylation is 1. The van der Waals surface area contributed by atoms with Crippen molar-refractivity contribution in [1.29, 1.82) is 0 Å². The Morgan fingerprint density at radius 2 is 1.70 bits per heavy atom. The zero-order valence-corrected chi connectivity index (χ0v) is 12.8. The molecule has 20 heavy (non-hydrogen) atoms. The van der Waals surface area contributed by atoms with Gasteiger partial charge in [-0.3, -0.25) is 0 Å². The maximum Gasteiger partial charge on any atom is 0.0315 e. The van der Waals surface area contributed by atoms with Gasteiger partial charge in [0.1, 0.15) is 0 Å². The molecule has 2 rings (SSSR count). The lowest BCUT2D eigenvalue weighted by Crippen LogP contribution is -2.15. The van der Waals surface area contributed by atoms with Crippen molar-refractivity contribution < 1.29 is 0 Å². The van der Waals surface area contributed by atoms with Gasteiger partial charge in [-0.25, -0.2) is 0 Å². The first-order chi connectivity index (χ1) is 9.78. The van der Waals surface area contributed by atoms with E-state index in [-0.39, 0.29) is 0 Å². The maximum absolute atomic E-state index is 3.37. The summed E-state index contributed by atoms with van der Waals surface area (Å²) in [6, 6.07) is 18.3. The van der Waals surface area contributed by atoms with E-state index in [0.717, 1.165) is 12.8 Å². The van der Waals surface area contributed by atoms with Crippen LogP contribution in [0.15, 0.2) is 48.5 Å². The zero-order valence-electron chi connectivity index (χ0n) is 12.8. The molecule has 2 aromatic rings. The fraction of sp³-hybridized carbons (Fsp3) is 0.368. The smallest absolute Gasteiger partial charge is 0.0315 e. The molecule has 1 heteroatoms. The van der Waals surface area contributed by atoms with Crippen LogP contribution in [0.5, 0.6) is 0 Å². The molecule has 0 spiro atoms. The summed E-state index contributed by atoms with van der Waals surface area (Å²) in [5, 5.41) is 3.37. The normalized spacial score (nSPS) is 12.3. The summed E-state index contributed by atoms with van der Waals surface area (Å²) in [5.41, 5.74) is 5.40. The van der Waals surface area contributed by atoms with Gasteiger partial charge < -0.3 is 5.32 Å². The molecule has 1 unspecified atom stereocenters. The quantitative estimate of drug-likeness (QED) is 0.778. The van der Waals surface area contributed by atoms with Crippen molar-refractivity contribution in [2.45, 2.75) is 39.2 Å². The monoisotopic (exact) mass is 267 g/mol. The molecule has 0 heterocycles. The Morgan fingerprint density at radius 1 is 0.950 bits per heavy atom. The van der Waals surface area contributed by atoms with Crippen molar-refractivity contribution in [3.8, 4) is 11.1 Å². The van der Waals surface area contributed by atoms with Crippen molar-refractivity contribution >= 4 is 0 Å². The van der Waals surface area contributed by atoms with E-state index in [1.807, 2.05) is 7.05 Å². The molecule has 0 saturated carbocycles. The average Bonchev–Trinajstić information content (AvgIpc) is 2.50. The Balaban J connectivity index is 2.26. The number of rotatable bonds is 6. The van der Waals surface area contributed by atoms with E-state index in [1.54, 1.807) is 0 Å². The summed E-state index contributed by atoms with van der Waals surface area (Å²) in [4.78, 5) is 0. The van der Waals surface area contributed by atoms with Gasteiger partial charge in [0.15, 0.2) is 0 Å². The first-order valence-electron chi connectivity index (χ1n) is 7.65. The van der Waals surface area contributed by atoms with Crippen LogP contribution in [0.1, 0.15) is 43.9 Å². The van der Waals surface area contributed by atoms with Crippen LogP contribution >= 0.6 is 0 Å². The molecule has 0 aromatic heterocycles. The van der Waals surface area contributed by atoms with Crippen LogP contribution < -0.4 is 5.32 Å². The summed E-state index contributed by atoms with van der Waals surface area (Å²) in [6.07, 6.45) is 3.47. The van der Waals surface area contributed by atoms with Gasteiger partial charge in [0.25, 0.3) is 0 Å². The summed E-state index contributed by atoms with van der Waals surface area (Å²) in [6.45, 7) is 4.44. The van der Waals surface area contributed by atoms with Crippen molar-refractivity contribution in [3.63, 3.8) is 0 Å². The Bertz CT molecular complexity index is 524. The molecule has 106 valence electrons. The van der Waals surface area contributed by atoms with Crippen molar-refractivity contribution in [1.82, 2.24) is 5.32 Å².